The van der Waals surface area contributed by atoms with Crippen LogP contribution in [-0.4, -0.2) is 47.7 Å². The second kappa shape index (κ2) is 10.3. The molecule has 0 heterocycles. The van der Waals surface area contributed by atoms with E-state index < -0.39 is 9.84 Å². The van der Waals surface area contributed by atoms with Crippen molar-refractivity contribution >= 4 is 15.9 Å². The maximum atomic E-state index is 12.2. The third-order valence-electron chi connectivity index (χ3n) is 3.46. The molecule has 0 amide bonds. The molecule has 27 heavy (non-hydrogen) atoms. The van der Waals surface area contributed by atoms with Crippen molar-refractivity contribution < 1.29 is 32.5 Å². The van der Waals surface area contributed by atoms with Gasteiger partial charge in [-0.3, -0.25) is 0 Å². The highest BCUT2D eigenvalue weighted by molar-refractivity contribution is 7.94. The second-order valence-electron chi connectivity index (χ2n) is 5.14. The largest absolute Gasteiger partial charge is 0.504 e. The summed E-state index contributed by atoms with van der Waals surface area (Å²) in [5.74, 6) is 0.943. The van der Waals surface area contributed by atoms with Gasteiger partial charge in [0.15, 0.2) is 21.4 Å². The summed E-state index contributed by atoms with van der Waals surface area (Å²) < 4.78 is 45.0. The maximum absolute atomic E-state index is 12.2. The van der Waals surface area contributed by atoms with Crippen LogP contribution in [0, 0.1) is 0 Å². The molecular weight excluding hydrogens is 372 g/mol. The van der Waals surface area contributed by atoms with Crippen LogP contribution in [0.3, 0.4) is 0 Å². The van der Waals surface area contributed by atoms with E-state index in [1.54, 1.807) is 12.1 Å². The topological polar surface area (TPSA) is 91.3 Å². The van der Waals surface area contributed by atoms with Crippen LogP contribution in [0.1, 0.15) is 5.56 Å². The first-order valence-corrected chi connectivity index (χ1v) is 9.50. The smallest absolute Gasteiger partial charge is 0.175 e. The van der Waals surface area contributed by atoms with E-state index >= 15 is 0 Å². The highest BCUT2D eigenvalue weighted by atomic mass is 32.2. The van der Waals surface area contributed by atoms with E-state index in [1.807, 2.05) is 0 Å². The summed E-state index contributed by atoms with van der Waals surface area (Å²) in [4.78, 5) is 0. The molecule has 8 heteroatoms. The molecular formula is C19H24O7S. The molecule has 0 unspecified atom stereocenters. The molecule has 0 radical (unpaired) electrons. The number of hydrogen-bond donors (Lipinski definition) is 1. The summed E-state index contributed by atoms with van der Waals surface area (Å²) in [6.07, 6.45) is 5.25. The number of aliphatic hydroxyl groups is 1. The second-order valence-corrected chi connectivity index (χ2v) is 7.07. The van der Waals surface area contributed by atoms with Crippen LogP contribution in [-0.2, 0) is 14.6 Å². The molecule has 1 N–H and O–H groups in total. The predicted molar refractivity (Wildman–Crippen MR) is 105 cm³/mol. The van der Waals surface area contributed by atoms with E-state index in [-0.39, 0.29) is 17.3 Å². The highest BCUT2D eigenvalue weighted by Crippen LogP contribution is 2.35. The number of methoxy groups -OCH3 is 4. The molecule has 0 atom stereocenters. The molecule has 0 saturated heterocycles. The molecule has 0 aliphatic heterocycles. The Labute approximate surface area is 159 Å². The van der Waals surface area contributed by atoms with Crippen molar-refractivity contribution in [3.8, 4) is 17.2 Å². The number of rotatable bonds is 10. The number of allylic oxidation sites excluding steroid dienone is 2. The molecule has 0 aliphatic rings. The first kappa shape index (κ1) is 22.2. The van der Waals surface area contributed by atoms with Crippen molar-refractivity contribution in [3.05, 3.63) is 59.4 Å². The van der Waals surface area contributed by atoms with Crippen molar-refractivity contribution in [1.29, 1.82) is 0 Å². The molecule has 0 aliphatic carbocycles. The lowest BCUT2D eigenvalue weighted by Gasteiger charge is -2.12. The summed E-state index contributed by atoms with van der Waals surface area (Å²) in [5.41, 5.74) is 0.462. The number of benzene rings is 1. The van der Waals surface area contributed by atoms with Crippen molar-refractivity contribution in [1.82, 2.24) is 0 Å². The molecule has 0 bridgehead atoms. The Morgan fingerprint density at radius 1 is 1.11 bits per heavy atom. The van der Waals surface area contributed by atoms with Crippen LogP contribution in [0.25, 0.3) is 6.08 Å². The van der Waals surface area contributed by atoms with Crippen LogP contribution in [0.2, 0.25) is 0 Å². The van der Waals surface area contributed by atoms with Crippen molar-refractivity contribution in [2.75, 3.05) is 34.2 Å². The first-order chi connectivity index (χ1) is 12.8. The molecule has 0 spiro atoms. The van der Waals surface area contributed by atoms with Crippen molar-refractivity contribution in [2.45, 2.75) is 0 Å². The van der Waals surface area contributed by atoms with E-state index in [4.69, 9.17) is 18.9 Å². The lowest BCUT2D eigenvalue weighted by molar-refractivity contribution is 0.275. The summed E-state index contributed by atoms with van der Waals surface area (Å²) in [7, 11) is 2.21. The van der Waals surface area contributed by atoms with E-state index in [9.17, 15) is 13.5 Å². The molecule has 7 nitrogen and oxygen atoms in total. The Balaban J connectivity index is 3.08. The quantitative estimate of drug-likeness (QED) is 0.479. The van der Waals surface area contributed by atoms with E-state index in [0.717, 1.165) is 5.41 Å². The van der Waals surface area contributed by atoms with E-state index in [2.05, 4.69) is 6.58 Å². The van der Waals surface area contributed by atoms with Gasteiger partial charge in [-0.25, -0.2) is 8.42 Å². The van der Waals surface area contributed by atoms with Gasteiger partial charge < -0.3 is 24.1 Å². The minimum Gasteiger partial charge on any atom is -0.504 e. The fourth-order valence-electron chi connectivity index (χ4n) is 2.09. The summed E-state index contributed by atoms with van der Waals surface area (Å²) in [6.45, 7) is 3.48. The molecule has 0 aromatic heterocycles. The van der Waals surface area contributed by atoms with E-state index in [0.29, 0.717) is 22.8 Å². The monoisotopic (exact) mass is 396 g/mol. The van der Waals surface area contributed by atoms with Crippen LogP contribution < -0.4 is 14.2 Å². The van der Waals surface area contributed by atoms with Crippen LogP contribution in [0.15, 0.2) is 53.9 Å². The molecule has 1 aromatic carbocycles. The average molecular weight is 396 g/mol. The van der Waals surface area contributed by atoms with Crippen LogP contribution in [0.4, 0.5) is 0 Å². The molecule has 0 fully saturated rings. The minimum absolute atomic E-state index is 0.145. The Bertz CT molecular complexity index is 824. The fourth-order valence-corrected chi connectivity index (χ4v) is 2.91. The van der Waals surface area contributed by atoms with Gasteiger partial charge in [0, 0.05) is 17.5 Å². The van der Waals surface area contributed by atoms with Gasteiger partial charge in [-0.2, -0.15) is 0 Å². The lowest BCUT2D eigenvalue weighted by atomic mass is 10.1. The zero-order valence-corrected chi connectivity index (χ0v) is 16.6. The van der Waals surface area contributed by atoms with Crippen molar-refractivity contribution in [3.63, 3.8) is 0 Å². The Morgan fingerprint density at radius 3 is 2.15 bits per heavy atom. The van der Waals surface area contributed by atoms with Gasteiger partial charge in [0.25, 0.3) is 0 Å². The van der Waals surface area contributed by atoms with Crippen LogP contribution >= 0.6 is 0 Å². The fraction of sp³-hybridized carbons (Fsp3) is 0.263. The average Bonchev–Trinajstić information content (AvgIpc) is 2.66. The zero-order chi connectivity index (χ0) is 20.4. The number of ether oxygens (including phenoxy) is 4. The lowest BCUT2D eigenvalue weighted by Crippen LogP contribution is -2.00. The number of aliphatic hydroxyl groups excluding tert-OH is 1. The molecule has 1 rings (SSSR count). The number of sulfone groups is 1. The zero-order valence-electron chi connectivity index (χ0n) is 15.8. The highest BCUT2D eigenvalue weighted by Gasteiger charge is 2.12. The van der Waals surface area contributed by atoms with Gasteiger partial charge in [-0.1, -0.05) is 12.7 Å². The first-order valence-electron chi connectivity index (χ1n) is 7.78. The summed E-state index contributed by atoms with van der Waals surface area (Å²) >= 11 is 0. The van der Waals surface area contributed by atoms with Gasteiger partial charge >= 0.3 is 0 Å². The van der Waals surface area contributed by atoms with E-state index in [1.165, 1.54) is 52.7 Å². The number of hydrogen-bond acceptors (Lipinski definition) is 7. The summed E-state index contributed by atoms with van der Waals surface area (Å²) in [5, 5.41) is 10.8. The maximum Gasteiger partial charge on any atom is 0.175 e. The minimum atomic E-state index is -3.59. The van der Waals surface area contributed by atoms with Gasteiger partial charge in [-0.05, 0) is 18.2 Å². The molecule has 1 aromatic rings. The Hall–Kier alpha value is -2.87. The SMILES string of the molecule is C=C/C(OC)=C(O)\C=C\CS(=O)(=O)/C=C/c1c(OC)cc(OC)cc1OC. The Morgan fingerprint density at radius 2 is 1.70 bits per heavy atom. The van der Waals surface area contributed by atoms with Crippen LogP contribution in [0.5, 0.6) is 17.2 Å². The summed E-state index contributed by atoms with van der Waals surface area (Å²) in [6, 6.07) is 3.25. The Kier molecular flexibility index (Phi) is 8.47. The van der Waals surface area contributed by atoms with Gasteiger partial charge in [-0.15, -0.1) is 0 Å². The third-order valence-corrected chi connectivity index (χ3v) is 4.67. The van der Waals surface area contributed by atoms with Gasteiger partial charge in [0.2, 0.25) is 0 Å². The normalized spacial score (nSPS) is 12.7. The predicted octanol–water partition coefficient (Wildman–Crippen LogP) is 3.26. The third kappa shape index (κ3) is 6.41. The standard InChI is InChI=1S/C19H24O7S/c1-6-17(24-3)16(20)8-7-10-27(21,22)11-9-15-18(25-4)12-14(23-2)13-19(15)26-5/h6-9,11-13,20H,1,10H2,2-5H3/b8-7+,11-9+,17-16-. The molecule has 148 valence electrons. The molecule has 0 saturated carbocycles. The van der Waals surface area contributed by atoms with Gasteiger partial charge in [0.05, 0.1) is 39.8 Å². The van der Waals surface area contributed by atoms with Crippen molar-refractivity contribution in [2.24, 2.45) is 0 Å². The van der Waals surface area contributed by atoms with Gasteiger partial charge in [0.1, 0.15) is 17.2 Å².